The van der Waals surface area contributed by atoms with Gasteiger partial charge in [0.05, 0.1) is 0 Å². The number of nitrogens with one attached hydrogen (secondary N) is 2. The molecule has 1 fully saturated rings. The van der Waals surface area contributed by atoms with Crippen LogP contribution in [-0.4, -0.2) is 54.3 Å². The predicted octanol–water partition coefficient (Wildman–Crippen LogP) is 4.48. The van der Waals surface area contributed by atoms with Crippen molar-refractivity contribution < 1.29 is 14.4 Å². The van der Waals surface area contributed by atoms with Crippen LogP contribution in [0, 0.1) is 18.8 Å². The fourth-order valence-corrected chi connectivity index (χ4v) is 4.79. The fraction of sp³-hybridized carbons (Fsp3) is 0.531. The number of amides is 3. The first kappa shape index (κ1) is 30.4. The van der Waals surface area contributed by atoms with E-state index in [2.05, 4.69) is 24.5 Å². The molecule has 1 aliphatic rings. The third-order valence-electron chi connectivity index (χ3n) is 7.39. The van der Waals surface area contributed by atoms with Gasteiger partial charge in [-0.2, -0.15) is 0 Å². The van der Waals surface area contributed by atoms with Gasteiger partial charge >= 0.3 is 0 Å². The van der Waals surface area contributed by atoms with Crippen LogP contribution in [0.25, 0.3) is 0 Å². The number of hydrogen-bond acceptors (Lipinski definition) is 4. The lowest BCUT2D eigenvalue weighted by atomic mass is 9.91. The summed E-state index contributed by atoms with van der Waals surface area (Å²) in [6, 6.07) is 14.3. The minimum absolute atomic E-state index is 0.00712. The van der Waals surface area contributed by atoms with Crippen LogP contribution in [0.5, 0.6) is 0 Å². The Balaban J connectivity index is 1.73. The molecule has 0 radical (unpaired) electrons. The normalized spacial score (nSPS) is 15.2. The van der Waals surface area contributed by atoms with Gasteiger partial charge in [-0.15, -0.1) is 0 Å². The second-order valence-corrected chi connectivity index (χ2v) is 11.1. The highest BCUT2D eigenvalue weighted by molar-refractivity contribution is 5.99. The van der Waals surface area contributed by atoms with E-state index in [-0.39, 0.29) is 29.7 Å². The molecule has 2 aromatic rings. The van der Waals surface area contributed by atoms with E-state index in [0.29, 0.717) is 43.0 Å². The average molecular weight is 535 g/mol. The maximum absolute atomic E-state index is 13.4. The molecule has 0 spiro atoms. The first-order valence-corrected chi connectivity index (χ1v) is 14.5. The second kappa shape index (κ2) is 14.8. The lowest BCUT2D eigenvalue weighted by molar-refractivity contribution is -0.124. The van der Waals surface area contributed by atoms with E-state index in [1.807, 2.05) is 43.0 Å². The van der Waals surface area contributed by atoms with Crippen molar-refractivity contribution in [1.29, 1.82) is 0 Å². The molecule has 7 nitrogen and oxygen atoms in total. The smallest absolute Gasteiger partial charge is 0.253 e. The Kier molecular flexibility index (Phi) is 11.5. The van der Waals surface area contributed by atoms with Crippen molar-refractivity contribution in [2.75, 3.05) is 19.6 Å². The molecule has 0 bridgehead atoms. The lowest BCUT2D eigenvalue weighted by Gasteiger charge is -2.27. The van der Waals surface area contributed by atoms with Crippen molar-refractivity contribution in [2.45, 2.75) is 78.3 Å². The Labute approximate surface area is 233 Å². The minimum Gasteiger partial charge on any atom is -0.356 e. The summed E-state index contributed by atoms with van der Waals surface area (Å²) in [7, 11) is 0. The highest BCUT2D eigenvalue weighted by atomic mass is 16.2. The van der Waals surface area contributed by atoms with Crippen molar-refractivity contribution in [3.05, 3.63) is 70.8 Å². The molecule has 1 aliphatic carbocycles. The Morgan fingerprint density at radius 3 is 2.26 bits per heavy atom. The quantitative estimate of drug-likeness (QED) is 0.313. The van der Waals surface area contributed by atoms with E-state index in [9.17, 15) is 14.4 Å². The van der Waals surface area contributed by atoms with Gasteiger partial charge < -0.3 is 21.3 Å². The largest absolute Gasteiger partial charge is 0.356 e. The van der Waals surface area contributed by atoms with E-state index in [1.54, 1.807) is 24.3 Å². The molecule has 0 heterocycles. The lowest BCUT2D eigenvalue weighted by Crippen LogP contribution is -2.50. The van der Waals surface area contributed by atoms with Gasteiger partial charge in [0.2, 0.25) is 5.91 Å². The Morgan fingerprint density at radius 2 is 1.64 bits per heavy atom. The van der Waals surface area contributed by atoms with Crippen LogP contribution >= 0.6 is 0 Å². The van der Waals surface area contributed by atoms with Crippen molar-refractivity contribution in [2.24, 2.45) is 17.6 Å². The first-order chi connectivity index (χ1) is 18.7. The maximum Gasteiger partial charge on any atom is 0.253 e. The number of carbonyl (C=O) groups is 3. The van der Waals surface area contributed by atoms with Crippen LogP contribution < -0.4 is 16.4 Å². The van der Waals surface area contributed by atoms with Gasteiger partial charge in [-0.1, -0.05) is 56.7 Å². The summed E-state index contributed by atoms with van der Waals surface area (Å²) < 4.78 is 0. The van der Waals surface area contributed by atoms with E-state index >= 15 is 0 Å². The molecule has 0 aliphatic heterocycles. The van der Waals surface area contributed by atoms with E-state index in [1.165, 1.54) is 12.8 Å². The van der Waals surface area contributed by atoms with Crippen LogP contribution in [0.1, 0.15) is 84.7 Å². The van der Waals surface area contributed by atoms with Crippen LogP contribution in [-0.2, 0) is 11.2 Å². The monoisotopic (exact) mass is 534 g/mol. The molecule has 3 amide bonds. The summed E-state index contributed by atoms with van der Waals surface area (Å²) >= 11 is 0. The van der Waals surface area contributed by atoms with Gasteiger partial charge in [-0.05, 0) is 75.1 Å². The zero-order valence-electron chi connectivity index (χ0n) is 24.0. The van der Waals surface area contributed by atoms with Gasteiger partial charge in [0.15, 0.2) is 0 Å². The highest BCUT2D eigenvalue weighted by Gasteiger charge is 2.27. The Morgan fingerprint density at radius 1 is 1.00 bits per heavy atom. The van der Waals surface area contributed by atoms with Crippen LogP contribution in [0.3, 0.4) is 0 Å². The second-order valence-electron chi connectivity index (χ2n) is 11.1. The first-order valence-electron chi connectivity index (χ1n) is 14.5. The number of benzene rings is 2. The standard InChI is InChI=1S/C32H46N4O3/c1-5-16-36(17-6-2)32(39)27-9-7-8-26(20-27)31(38)35-29(19-24-12-10-22(3)11-13-24)28(33)18-23(4)30(37)34-21-25-14-15-25/h7-13,20,23,25,28-29H,5-6,14-19,21,33H2,1-4H3,(H,34,37)(H,35,38)/t23-,28+,29+/m1/s1. The molecule has 0 saturated heterocycles. The van der Waals surface area contributed by atoms with Crippen LogP contribution in [0.4, 0.5) is 0 Å². The zero-order valence-corrected chi connectivity index (χ0v) is 24.0. The molecular formula is C32H46N4O3. The number of aryl methyl sites for hydroxylation is 1. The summed E-state index contributed by atoms with van der Waals surface area (Å²) in [5, 5.41) is 6.16. The van der Waals surface area contributed by atoms with Crippen molar-refractivity contribution in [3.63, 3.8) is 0 Å². The minimum atomic E-state index is -0.425. The Hall–Kier alpha value is -3.19. The number of nitrogens with zero attached hydrogens (tertiary/aromatic N) is 1. The molecule has 0 aromatic heterocycles. The third-order valence-corrected chi connectivity index (χ3v) is 7.39. The van der Waals surface area contributed by atoms with Gasteiger partial charge in [0, 0.05) is 48.8 Å². The molecule has 212 valence electrons. The van der Waals surface area contributed by atoms with Gasteiger partial charge in [0.1, 0.15) is 0 Å². The molecule has 39 heavy (non-hydrogen) atoms. The average Bonchev–Trinajstić information content (AvgIpc) is 3.76. The summed E-state index contributed by atoms with van der Waals surface area (Å²) in [6.07, 6.45) is 5.11. The molecule has 3 rings (SSSR count). The summed E-state index contributed by atoms with van der Waals surface area (Å²) in [4.78, 5) is 41.0. The SMILES string of the molecule is CCCN(CCC)C(=O)c1cccc(C(=O)N[C@@H](Cc2ccc(C)cc2)[C@@H](N)C[C@@H](C)C(=O)NCC2CC2)c1. The number of rotatable bonds is 15. The van der Waals surface area contributed by atoms with E-state index in [4.69, 9.17) is 5.73 Å². The summed E-state index contributed by atoms with van der Waals surface area (Å²) in [5.41, 5.74) is 9.80. The number of nitrogens with two attached hydrogens (primary N) is 1. The molecule has 3 atom stereocenters. The van der Waals surface area contributed by atoms with Crippen LogP contribution in [0.2, 0.25) is 0 Å². The summed E-state index contributed by atoms with van der Waals surface area (Å²) in [6.45, 7) is 10.1. The Bertz CT molecular complexity index is 1090. The summed E-state index contributed by atoms with van der Waals surface area (Å²) in [5.74, 6) is 0.0165. The molecule has 2 aromatic carbocycles. The maximum atomic E-state index is 13.4. The molecule has 1 saturated carbocycles. The molecular weight excluding hydrogens is 488 g/mol. The fourth-order valence-electron chi connectivity index (χ4n) is 4.79. The van der Waals surface area contributed by atoms with E-state index < -0.39 is 6.04 Å². The third kappa shape index (κ3) is 9.50. The highest BCUT2D eigenvalue weighted by Crippen LogP contribution is 2.27. The van der Waals surface area contributed by atoms with Gasteiger partial charge in [-0.3, -0.25) is 14.4 Å². The van der Waals surface area contributed by atoms with E-state index in [0.717, 1.165) is 30.5 Å². The predicted molar refractivity (Wildman–Crippen MR) is 157 cm³/mol. The number of carbonyl (C=O) groups excluding carboxylic acids is 3. The van der Waals surface area contributed by atoms with Gasteiger partial charge in [0.25, 0.3) is 11.8 Å². The zero-order chi connectivity index (χ0) is 28.4. The molecule has 0 unspecified atom stereocenters. The molecule has 4 N–H and O–H groups in total. The van der Waals surface area contributed by atoms with Crippen molar-refractivity contribution in [1.82, 2.24) is 15.5 Å². The van der Waals surface area contributed by atoms with Crippen molar-refractivity contribution >= 4 is 17.7 Å². The van der Waals surface area contributed by atoms with Gasteiger partial charge in [-0.25, -0.2) is 0 Å². The number of hydrogen-bond donors (Lipinski definition) is 3. The topological polar surface area (TPSA) is 105 Å². The van der Waals surface area contributed by atoms with Crippen LogP contribution in [0.15, 0.2) is 48.5 Å². The molecule has 7 heteroatoms. The van der Waals surface area contributed by atoms with Crippen molar-refractivity contribution in [3.8, 4) is 0 Å².